The number of nitrogens with zero attached hydrogens (tertiary/aromatic N) is 1. The number of halogens is 1. The number of carbonyl (C=O) groups is 1. The minimum atomic E-state index is -0.135. The third-order valence-corrected chi connectivity index (χ3v) is 2.23. The average molecular weight is 186 g/mol. The highest BCUT2D eigenvalue weighted by molar-refractivity contribution is 7.10. The molecule has 0 atom stereocenters. The molecular formula is C7H4ClNOS. The van der Waals surface area contributed by atoms with Crippen LogP contribution in [-0.4, -0.2) is 11.7 Å². The fraction of sp³-hybridized carbons (Fsp3) is 0.143. The second-order valence-electron chi connectivity index (χ2n) is 1.87. The molecule has 0 saturated carbocycles. The summed E-state index contributed by atoms with van der Waals surface area (Å²) in [6, 6.07) is 3.50. The van der Waals surface area contributed by atoms with Crippen molar-refractivity contribution in [2.24, 2.45) is 0 Å². The van der Waals surface area contributed by atoms with Crippen LogP contribution < -0.4 is 0 Å². The van der Waals surface area contributed by atoms with Gasteiger partial charge >= 0.3 is 0 Å². The molecule has 0 saturated heterocycles. The van der Waals surface area contributed by atoms with Crippen LogP contribution in [-0.2, 0) is 0 Å². The van der Waals surface area contributed by atoms with Gasteiger partial charge in [0.2, 0.25) is 0 Å². The maximum atomic E-state index is 10.9. The number of ketones is 1. The Balaban J connectivity index is 2.91. The van der Waals surface area contributed by atoms with Crippen LogP contribution in [0.2, 0.25) is 0 Å². The number of rotatable bonds is 2. The fourth-order valence-electron chi connectivity index (χ4n) is 0.618. The van der Waals surface area contributed by atoms with Gasteiger partial charge in [-0.3, -0.25) is 4.79 Å². The minimum Gasteiger partial charge on any atom is -0.293 e. The summed E-state index contributed by atoms with van der Waals surface area (Å²) in [5, 5.41) is 10.1. The van der Waals surface area contributed by atoms with Crippen LogP contribution in [0.15, 0.2) is 11.4 Å². The van der Waals surface area contributed by atoms with Gasteiger partial charge in [0.1, 0.15) is 10.9 Å². The lowest BCUT2D eigenvalue weighted by molar-refractivity contribution is 0.102. The fourth-order valence-corrected chi connectivity index (χ4v) is 1.47. The second-order valence-corrected chi connectivity index (χ2v) is 3.05. The summed E-state index contributed by atoms with van der Waals surface area (Å²) in [7, 11) is 0. The van der Waals surface area contributed by atoms with Gasteiger partial charge in [-0.05, 0) is 6.07 Å². The van der Waals surface area contributed by atoms with Gasteiger partial charge < -0.3 is 0 Å². The van der Waals surface area contributed by atoms with Crippen molar-refractivity contribution in [1.82, 2.24) is 0 Å². The zero-order valence-electron chi connectivity index (χ0n) is 5.50. The normalized spacial score (nSPS) is 9.09. The van der Waals surface area contributed by atoms with Crippen LogP contribution >= 0.6 is 22.9 Å². The van der Waals surface area contributed by atoms with Gasteiger partial charge in [0.15, 0.2) is 5.78 Å². The highest BCUT2D eigenvalue weighted by atomic mass is 35.5. The Hall–Kier alpha value is -0.850. The van der Waals surface area contributed by atoms with Gasteiger partial charge in [-0.15, -0.1) is 22.9 Å². The topological polar surface area (TPSA) is 40.9 Å². The Morgan fingerprint density at radius 3 is 3.00 bits per heavy atom. The second kappa shape index (κ2) is 3.51. The molecule has 0 radical (unpaired) electrons. The molecule has 2 nitrogen and oxygen atoms in total. The average Bonchev–Trinajstić information content (AvgIpc) is 2.50. The van der Waals surface area contributed by atoms with E-state index < -0.39 is 0 Å². The molecule has 1 aromatic heterocycles. The van der Waals surface area contributed by atoms with E-state index in [2.05, 4.69) is 0 Å². The first-order chi connectivity index (χ1) is 5.27. The zero-order valence-corrected chi connectivity index (χ0v) is 7.08. The van der Waals surface area contributed by atoms with Gasteiger partial charge in [-0.2, -0.15) is 5.26 Å². The number of nitriles is 1. The highest BCUT2D eigenvalue weighted by Crippen LogP contribution is 2.13. The molecular weight excluding hydrogens is 182 g/mol. The van der Waals surface area contributed by atoms with Crippen molar-refractivity contribution in [2.45, 2.75) is 0 Å². The van der Waals surface area contributed by atoms with Crippen LogP contribution in [0.3, 0.4) is 0 Å². The first-order valence-electron chi connectivity index (χ1n) is 2.85. The lowest BCUT2D eigenvalue weighted by Crippen LogP contribution is -1.96. The number of carbonyl (C=O) groups excluding carboxylic acids is 1. The van der Waals surface area contributed by atoms with E-state index in [4.69, 9.17) is 16.9 Å². The molecule has 0 aliphatic carbocycles. The number of Topliss-reactive ketones (excluding diaryl/α,β-unsaturated/α-hetero) is 1. The molecule has 0 N–H and O–H groups in total. The van der Waals surface area contributed by atoms with E-state index in [1.54, 1.807) is 11.4 Å². The van der Waals surface area contributed by atoms with Crippen molar-refractivity contribution < 1.29 is 4.79 Å². The molecule has 0 unspecified atom stereocenters. The van der Waals surface area contributed by atoms with Crippen LogP contribution in [0.25, 0.3) is 0 Å². The molecule has 0 bridgehead atoms. The Morgan fingerprint density at radius 2 is 2.55 bits per heavy atom. The van der Waals surface area contributed by atoms with Crippen LogP contribution in [0, 0.1) is 11.3 Å². The van der Waals surface area contributed by atoms with Crippen LogP contribution in [0.1, 0.15) is 15.2 Å². The quantitative estimate of drug-likeness (QED) is 0.523. The van der Waals surface area contributed by atoms with Gasteiger partial charge in [0.05, 0.1) is 5.88 Å². The van der Waals surface area contributed by atoms with E-state index in [0.717, 1.165) is 0 Å². The molecule has 0 aliphatic heterocycles. The summed E-state index contributed by atoms with van der Waals surface area (Å²) in [6.45, 7) is 0. The maximum Gasteiger partial charge on any atom is 0.178 e. The number of thiophene rings is 1. The molecule has 4 heteroatoms. The van der Waals surface area contributed by atoms with E-state index in [0.29, 0.717) is 10.4 Å². The van der Waals surface area contributed by atoms with Crippen molar-refractivity contribution in [3.63, 3.8) is 0 Å². The molecule has 56 valence electrons. The molecule has 1 aromatic rings. The minimum absolute atomic E-state index is 0.0262. The molecule has 0 amide bonds. The largest absolute Gasteiger partial charge is 0.293 e. The zero-order chi connectivity index (χ0) is 8.27. The molecule has 0 spiro atoms. The number of alkyl halides is 1. The third-order valence-electron chi connectivity index (χ3n) is 1.15. The van der Waals surface area contributed by atoms with Gasteiger partial charge in [-0.1, -0.05) is 0 Å². The molecule has 0 fully saturated rings. The molecule has 11 heavy (non-hydrogen) atoms. The standard InChI is InChI=1S/C7H4ClNOS/c8-2-7(10)5-1-6(3-9)11-4-5/h1,4H,2H2. The summed E-state index contributed by atoms with van der Waals surface area (Å²) in [5.74, 6) is -0.161. The predicted octanol–water partition coefficient (Wildman–Crippen LogP) is 2.04. The number of hydrogen-bond donors (Lipinski definition) is 0. The number of hydrogen-bond acceptors (Lipinski definition) is 3. The SMILES string of the molecule is N#Cc1cc(C(=O)CCl)cs1. The van der Waals surface area contributed by atoms with Gasteiger partial charge in [0, 0.05) is 10.9 Å². The van der Waals surface area contributed by atoms with E-state index in [1.165, 1.54) is 11.3 Å². The van der Waals surface area contributed by atoms with E-state index >= 15 is 0 Å². The molecule has 1 rings (SSSR count). The van der Waals surface area contributed by atoms with Crippen molar-refractivity contribution in [3.05, 3.63) is 21.9 Å². The summed E-state index contributed by atoms with van der Waals surface area (Å²) < 4.78 is 0. The lowest BCUT2D eigenvalue weighted by Gasteiger charge is -1.85. The third kappa shape index (κ3) is 1.79. The lowest BCUT2D eigenvalue weighted by atomic mass is 10.2. The van der Waals surface area contributed by atoms with Gasteiger partial charge in [0.25, 0.3) is 0 Å². The Kier molecular flexibility index (Phi) is 2.64. The Morgan fingerprint density at radius 1 is 1.82 bits per heavy atom. The van der Waals surface area contributed by atoms with E-state index in [9.17, 15) is 4.79 Å². The highest BCUT2D eigenvalue weighted by Gasteiger charge is 2.06. The van der Waals surface area contributed by atoms with Gasteiger partial charge in [-0.25, -0.2) is 0 Å². The van der Waals surface area contributed by atoms with Crippen molar-refractivity contribution in [1.29, 1.82) is 5.26 Å². The maximum absolute atomic E-state index is 10.9. The van der Waals surface area contributed by atoms with Crippen molar-refractivity contribution in [2.75, 3.05) is 5.88 Å². The van der Waals surface area contributed by atoms with Crippen molar-refractivity contribution in [3.8, 4) is 6.07 Å². The van der Waals surface area contributed by atoms with Crippen LogP contribution in [0.4, 0.5) is 0 Å². The summed E-state index contributed by atoms with van der Waals surface area (Å²) in [4.78, 5) is 11.4. The smallest absolute Gasteiger partial charge is 0.178 e. The molecule has 0 aliphatic rings. The summed E-state index contributed by atoms with van der Waals surface area (Å²) in [5.41, 5.74) is 0.529. The summed E-state index contributed by atoms with van der Waals surface area (Å²) in [6.07, 6.45) is 0. The Bertz CT molecular complexity index is 312. The van der Waals surface area contributed by atoms with E-state index in [-0.39, 0.29) is 11.7 Å². The van der Waals surface area contributed by atoms with E-state index in [1.807, 2.05) is 6.07 Å². The Labute approximate surface area is 73.0 Å². The monoisotopic (exact) mass is 185 g/mol. The first-order valence-corrected chi connectivity index (χ1v) is 4.27. The summed E-state index contributed by atoms with van der Waals surface area (Å²) >= 11 is 6.56. The molecule has 0 aromatic carbocycles. The van der Waals surface area contributed by atoms with Crippen molar-refractivity contribution >= 4 is 28.7 Å². The predicted molar refractivity (Wildman–Crippen MR) is 44.1 cm³/mol. The van der Waals surface area contributed by atoms with Crippen LogP contribution in [0.5, 0.6) is 0 Å². The first kappa shape index (κ1) is 8.25. The molecule has 1 heterocycles.